The molecule has 0 aliphatic rings. The van der Waals surface area contributed by atoms with Gasteiger partial charge in [0, 0.05) is 12.6 Å². The summed E-state index contributed by atoms with van der Waals surface area (Å²) in [7, 11) is 1.82. The maximum atomic E-state index is 6.03. The number of rotatable bonds is 5. The molecule has 0 aromatic carbocycles. The Morgan fingerprint density at radius 2 is 2.36 bits per heavy atom. The van der Waals surface area contributed by atoms with Gasteiger partial charge in [-0.15, -0.1) is 6.58 Å². The second-order valence-corrected chi connectivity index (χ2v) is 3.47. The first-order valence-corrected chi connectivity index (χ1v) is 4.91. The quantitative estimate of drug-likeness (QED) is 0.556. The Balaban J connectivity index is 2.53. The molecular formula is C10H15ClN2O. The summed E-state index contributed by atoms with van der Waals surface area (Å²) in [6, 6.07) is 0. The molecule has 0 bridgehead atoms. The van der Waals surface area contributed by atoms with Crippen LogP contribution in [-0.2, 0) is 18.4 Å². The van der Waals surface area contributed by atoms with Crippen LogP contribution in [0.5, 0.6) is 0 Å². The fourth-order valence-electron chi connectivity index (χ4n) is 1.18. The zero-order valence-electron chi connectivity index (χ0n) is 8.59. The highest BCUT2D eigenvalue weighted by molar-refractivity contribution is 6.30. The van der Waals surface area contributed by atoms with Gasteiger partial charge in [0.05, 0.1) is 18.9 Å². The van der Waals surface area contributed by atoms with Gasteiger partial charge in [-0.2, -0.15) is 5.10 Å². The molecule has 1 heterocycles. The third-order valence-corrected chi connectivity index (χ3v) is 2.46. The molecule has 0 fully saturated rings. The van der Waals surface area contributed by atoms with Gasteiger partial charge >= 0.3 is 0 Å². The lowest BCUT2D eigenvalue weighted by Crippen LogP contribution is -1.95. The average Bonchev–Trinajstić information content (AvgIpc) is 2.38. The molecule has 1 aromatic rings. The molecule has 0 atom stereocenters. The van der Waals surface area contributed by atoms with Crippen LogP contribution in [0.4, 0.5) is 0 Å². The number of ether oxygens (including phenoxy) is 1. The van der Waals surface area contributed by atoms with E-state index in [9.17, 15) is 0 Å². The summed E-state index contributed by atoms with van der Waals surface area (Å²) in [5, 5.41) is 4.85. The van der Waals surface area contributed by atoms with Crippen molar-refractivity contribution < 1.29 is 4.74 Å². The van der Waals surface area contributed by atoms with Crippen LogP contribution < -0.4 is 0 Å². The van der Waals surface area contributed by atoms with E-state index in [1.165, 1.54) is 0 Å². The van der Waals surface area contributed by atoms with Crippen LogP contribution in [0.15, 0.2) is 12.7 Å². The van der Waals surface area contributed by atoms with Gasteiger partial charge in [0.15, 0.2) is 0 Å². The first kappa shape index (κ1) is 11.3. The monoisotopic (exact) mass is 214 g/mol. The minimum atomic E-state index is 0.520. The van der Waals surface area contributed by atoms with E-state index in [2.05, 4.69) is 11.7 Å². The Hall–Kier alpha value is -0.800. The standard InChI is InChI=1S/C10H15ClN2O/c1-4-5-6-14-7-9-8(2)12-13(3)10(9)11/h4H,1,5-7H2,2-3H3. The van der Waals surface area contributed by atoms with Crippen molar-refractivity contribution in [3.63, 3.8) is 0 Å². The fraction of sp³-hybridized carbons (Fsp3) is 0.500. The van der Waals surface area contributed by atoms with Crippen molar-refractivity contribution in [1.82, 2.24) is 9.78 Å². The van der Waals surface area contributed by atoms with E-state index in [4.69, 9.17) is 16.3 Å². The smallest absolute Gasteiger partial charge is 0.132 e. The summed E-state index contributed by atoms with van der Waals surface area (Å²) in [4.78, 5) is 0. The number of hydrogen-bond donors (Lipinski definition) is 0. The second kappa shape index (κ2) is 5.17. The fourth-order valence-corrected chi connectivity index (χ4v) is 1.41. The highest BCUT2D eigenvalue weighted by Gasteiger charge is 2.10. The highest BCUT2D eigenvalue weighted by atomic mass is 35.5. The van der Waals surface area contributed by atoms with Crippen molar-refractivity contribution in [3.05, 3.63) is 29.1 Å². The molecule has 1 aromatic heterocycles. The summed E-state index contributed by atoms with van der Waals surface area (Å²) >= 11 is 6.03. The Bertz CT molecular complexity index is 320. The number of aryl methyl sites for hydroxylation is 2. The van der Waals surface area contributed by atoms with Gasteiger partial charge < -0.3 is 4.74 Å². The SMILES string of the molecule is C=CCCOCc1c(C)nn(C)c1Cl. The van der Waals surface area contributed by atoms with Crippen molar-refractivity contribution in [3.8, 4) is 0 Å². The molecule has 1 rings (SSSR count). The molecule has 14 heavy (non-hydrogen) atoms. The molecule has 0 spiro atoms. The molecule has 0 N–H and O–H groups in total. The van der Waals surface area contributed by atoms with Crippen LogP contribution in [0.1, 0.15) is 17.7 Å². The number of nitrogens with zero attached hydrogens (tertiary/aromatic N) is 2. The summed E-state index contributed by atoms with van der Waals surface area (Å²) in [5.41, 5.74) is 1.90. The summed E-state index contributed by atoms with van der Waals surface area (Å²) in [6.45, 7) is 6.75. The van der Waals surface area contributed by atoms with Gasteiger partial charge in [-0.25, -0.2) is 0 Å². The Morgan fingerprint density at radius 1 is 1.64 bits per heavy atom. The van der Waals surface area contributed by atoms with Gasteiger partial charge in [0.2, 0.25) is 0 Å². The largest absolute Gasteiger partial charge is 0.376 e. The second-order valence-electron chi connectivity index (χ2n) is 3.11. The van der Waals surface area contributed by atoms with Crippen LogP contribution in [0.2, 0.25) is 5.15 Å². The van der Waals surface area contributed by atoms with Gasteiger partial charge in [-0.3, -0.25) is 4.68 Å². The molecule has 0 saturated heterocycles. The lowest BCUT2D eigenvalue weighted by atomic mass is 10.3. The number of halogens is 1. The maximum absolute atomic E-state index is 6.03. The predicted molar refractivity (Wildman–Crippen MR) is 57.4 cm³/mol. The summed E-state index contributed by atoms with van der Waals surface area (Å²) in [6.07, 6.45) is 2.69. The van der Waals surface area contributed by atoms with Gasteiger partial charge in [-0.1, -0.05) is 17.7 Å². The van der Waals surface area contributed by atoms with E-state index in [1.807, 2.05) is 20.0 Å². The van der Waals surface area contributed by atoms with Crippen molar-refractivity contribution >= 4 is 11.6 Å². The van der Waals surface area contributed by atoms with Crippen LogP contribution in [-0.4, -0.2) is 16.4 Å². The van der Waals surface area contributed by atoms with Crippen molar-refractivity contribution in [1.29, 1.82) is 0 Å². The molecule has 0 aliphatic heterocycles. The highest BCUT2D eigenvalue weighted by Crippen LogP contribution is 2.19. The van der Waals surface area contributed by atoms with E-state index in [0.29, 0.717) is 18.4 Å². The van der Waals surface area contributed by atoms with E-state index >= 15 is 0 Å². The molecule has 4 heteroatoms. The van der Waals surface area contributed by atoms with Crippen LogP contribution in [0, 0.1) is 6.92 Å². The third-order valence-electron chi connectivity index (χ3n) is 1.98. The number of hydrogen-bond acceptors (Lipinski definition) is 2. The molecule has 0 unspecified atom stereocenters. The first-order chi connectivity index (χ1) is 6.66. The Labute approximate surface area is 89.3 Å². The molecule has 0 radical (unpaired) electrons. The molecule has 3 nitrogen and oxygen atoms in total. The average molecular weight is 215 g/mol. The minimum Gasteiger partial charge on any atom is -0.376 e. The summed E-state index contributed by atoms with van der Waals surface area (Å²) in [5.74, 6) is 0. The van der Waals surface area contributed by atoms with E-state index < -0.39 is 0 Å². The van der Waals surface area contributed by atoms with Gasteiger partial charge in [0.1, 0.15) is 5.15 Å². The van der Waals surface area contributed by atoms with Crippen molar-refractivity contribution in [2.24, 2.45) is 7.05 Å². The predicted octanol–water partition coefficient (Wildman–Crippen LogP) is 2.47. The minimum absolute atomic E-state index is 0.520. The van der Waals surface area contributed by atoms with Crippen molar-refractivity contribution in [2.45, 2.75) is 20.0 Å². The van der Waals surface area contributed by atoms with Gasteiger partial charge in [0.25, 0.3) is 0 Å². The van der Waals surface area contributed by atoms with E-state index in [-0.39, 0.29) is 0 Å². The normalized spacial score (nSPS) is 10.5. The van der Waals surface area contributed by atoms with Crippen LogP contribution >= 0.6 is 11.6 Å². The molecule has 78 valence electrons. The van der Waals surface area contributed by atoms with Crippen LogP contribution in [0.3, 0.4) is 0 Å². The first-order valence-electron chi connectivity index (χ1n) is 4.53. The number of aromatic nitrogens is 2. The van der Waals surface area contributed by atoms with E-state index in [1.54, 1.807) is 4.68 Å². The summed E-state index contributed by atoms with van der Waals surface area (Å²) < 4.78 is 7.08. The lowest BCUT2D eigenvalue weighted by molar-refractivity contribution is 0.125. The lowest BCUT2D eigenvalue weighted by Gasteiger charge is -2.01. The molecular weight excluding hydrogens is 200 g/mol. The maximum Gasteiger partial charge on any atom is 0.132 e. The zero-order valence-corrected chi connectivity index (χ0v) is 9.34. The molecule has 0 amide bonds. The Morgan fingerprint density at radius 3 is 2.86 bits per heavy atom. The van der Waals surface area contributed by atoms with Gasteiger partial charge in [-0.05, 0) is 13.3 Å². The van der Waals surface area contributed by atoms with Crippen LogP contribution in [0.25, 0.3) is 0 Å². The Kier molecular flexibility index (Phi) is 4.17. The molecule has 0 aliphatic carbocycles. The van der Waals surface area contributed by atoms with Crippen molar-refractivity contribution in [2.75, 3.05) is 6.61 Å². The third kappa shape index (κ3) is 2.59. The topological polar surface area (TPSA) is 27.1 Å². The zero-order chi connectivity index (χ0) is 10.6. The van der Waals surface area contributed by atoms with E-state index in [0.717, 1.165) is 17.7 Å². The molecule has 0 saturated carbocycles.